The maximum Gasteiger partial charge on any atom is 0.0743 e. The van der Waals surface area contributed by atoms with E-state index in [1.54, 1.807) is 0 Å². The second-order valence-electron chi connectivity index (χ2n) is 5.42. The summed E-state index contributed by atoms with van der Waals surface area (Å²) in [6.07, 6.45) is 2.62. The van der Waals surface area contributed by atoms with E-state index in [9.17, 15) is 0 Å². The van der Waals surface area contributed by atoms with Crippen LogP contribution in [-0.4, -0.2) is 67.8 Å². The third-order valence-corrected chi connectivity index (χ3v) is 4.54. The fourth-order valence-electron chi connectivity index (χ4n) is 3.15. The summed E-state index contributed by atoms with van der Waals surface area (Å²) < 4.78 is 5.73. The molecule has 2 rings (SSSR count). The second kappa shape index (κ2) is 4.61. The molecule has 0 aromatic rings. The molecule has 2 N–H and O–H groups in total. The molecule has 4 heteroatoms. The molecule has 0 aromatic carbocycles. The topological polar surface area (TPSA) is 41.7 Å². The van der Waals surface area contributed by atoms with Crippen LogP contribution in [-0.2, 0) is 4.74 Å². The van der Waals surface area contributed by atoms with Crippen molar-refractivity contribution in [2.24, 2.45) is 5.73 Å². The van der Waals surface area contributed by atoms with Crippen LogP contribution in [0.2, 0.25) is 0 Å². The van der Waals surface area contributed by atoms with Crippen LogP contribution < -0.4 is 5.73 Å². The lowest BCUT2D eigenvalue weighted by Gasteiger charge is -2.40. The highest BCUT2D eigenvalue weighted by molar-refractivity contribution is 5.03. The first-order valence-electron chi connectivity index (χ1n) is 6.33. The summed E-state index contributed by atoms with van der Waals surface area (Å²) in [6.45, 7) is 6.05. The van der Waals surface area contributed by atoms with Gasteiger partial charge in [0, 0.05) is 32.3 Å². The van der Waals surface area contributed by atoms with E-state index in [0.717, 1.165) is 26.1 Å². The van der Waals surface area contributed by atoms with Crippen molar-refractivity contribution >= 4 is 0 Å². The lowest BCUT2D eigenvalue weighted by Crippen LogP contribution is -2.57. The molecule has 0 aromatic heterocycles. The quantitative estimate of drug-likeness (QED) is 0.744. The molecule has 0 radical (unpaired) electrons. The fourth-order valence-corrected chi connectivity index (χ4v) is 3.15. The summed E-state index contributed by atoms with van der Waals surface area (Å²) >= 11 is 0. The zero-order chi connectivity index (χ0) is 11.8. The minimum absolute atomic E-state index is 0.102. The van der Waals surface area contributed by atoms with Crippen molar-refractivity contribution in [3.8, 4) is 0 Å². The van der Waals surface area contributed by atoms with Crippen molar-refractivity contribution < 1.29 is 4.74 Å². The molecule has 2 saturated heterocycles. The predicted octanol–water partition coefficient (Wildman–Crippen LogP) is 0.129. The Hall–Kier alpha value is -0.160. The van der Waals surface area contributed by atoms with Gasteiger partial charge in [-0.05, 0) is 33.9 Å². The molecule has 2 fully saturated rings. The van der Waals surface area contributed by atoms with E-state index in [0.29, 0.717) is 12.6 Å². The molecule has 2 heterocycles. The smallest absolute Gasteiger partial charge is 0.0743 e. The van der Waals surface area contributed by atoms with E-state index in [1.165, 1.54) is 6.42 Å². The molecule has 0 amide bonds. The minimum atomic E-state index is 0.102. The van der Waals surface area contributed by atoms with Crippen molar-refractivity contribution in [2.75, 3.05) is 40.3 Å². The first-order chi connectivity index (χ1) is 7.60. The van der Waals surface area contributed by atoms with E-state index in [4.69, 9.17) is 10.5 Å². The largest absolute Gasteiger partial charge is 0.376 e. The first-order valence-corrected chi connectivity index (χ1v) is 6.33. The monoisotopic (exact) mass is 227 g/mol. The molecule has 0 spiro atoms. The third kappa shape index (κ3) is 1.88. The van der Waals surface area contributed by atoms with Crippen molar-refractivity contribution in [1.29, 1.82) is 0 Å². The normalized spacial score (nSPS) is 41.1. The summed E-state index contributed by atoms with van der Waals surface area (Å²) in [5, 5.41) is 0. The Labute approximate surface area is 98.7 Å². The maximum atomic E-state index is 6.03. The Morgan fingerprint density at radius 1 is 1.50 bits per heavy atom. The van der Waals surface area contributed by atoms with Crippen LogP contribution in [0, 0.1) is 0 Å². The van der Waals surface area contributed by atoms with Crippen LogP contribution in [0.25, 0.3) is 0 Å². The molecular weight excluding hydrogens is 202 g/mol. The molecule has 2 aliphatic heterocycles. The number of likely N-dealkylation sites (tertiary alicyclic amines) is 1. The fraction of sp³-hybridized carbons (Fsp3) is 1.00. The van der Waals surface area contributed by atoms with Gasteiger partial charge < -0.3 is 15.4 Å². The predicted molar refractivity (Wildman–Crippen MR) is 65.5 cm³/mol. The Morgan fingerprint density at radius 2 is 2.25 bits per heavy atom. The molecule has 0 bridgehead atoms. The zero-order valence-electron chi connectivity index (χ0n) is 10.8. The van der Waals surface area contributed by atoms with Crippen LogP contribution >= 0.6 is 0 Å². The minimum Gasteiger partial charge on any atom is -0.376 e. The van der Waals surface area contributed by atoms with E-state index in [1.807, 2.05) is 0 Å². The van der Waals surface area contributed by atoms with Gasteiger partial charge in [0.1, 0.15) is 0 Å². The molecule has 0 saturated carbocycles. The van der Waals surface area contributed by atoms with Gasteiger partial charge in [0.15, 0.2) is 0 Å². The molecule has 0 aliphatic carbocycles. The van der Waals surface area contributed by atoms with Gasteiger partial charge in [0.2, 0.25) is 0 Å². The van der Waals surface area contributed by atoms with Crippen LogP contribution in [0.1, 0.15) is 19.8 Å². The number of rotatable bonds is 3. The first kappa shape index (κ1) is 12.3. The van der Waals surface area contributed by atoms with Gasteiger partial charge in [-0.25, -0.2) is 0 Å². The molecule has 3 atom stereocenters. The summed E-state index contributed by atoms with van der Waals surface area (Å²) in [6, 6.07) is 0.677. The highest BCUT2D eigenvalue weighted by Crippen LogP contribution is 2.34. The lowest BCUT2D eigenvalue weighted by atomic mass is 9.90. The summed E-state index contributed by atoms with van der Waals surface area (Å²) in [5.41, 5.74) is 6.13. The van der Waals surface area contributed by atoms with Gasteiger partial charge in [-0.2, -0.15) is 0 Å². The van der Waals surface area contributed by atoms with Gasteiger partial charge in [0.25, 0.3) is 0 Å². The van der Waals surface area contributed by atoms with Crippen molar-refractivity contribution in [3.63, 3.8) is 0 Å². The SMILES string of the molecule is CC1OCCC1(CN)N1CCC(N(C)C)C1. The number of ether oxygens (including phenoxy) is 1. The average Bonchev–Trinajstić information content (AvgIpc) is 2.84. The standard InChI is InChI=1S/C12H25N3O/c1-10-12(9-13,5-7-16-10)15-6-4-11(8-15)14(2)3/h10-11H,4-9,13H2,1-3H3. The molecule has 2 aliphatic rings. The van der Waals surface area contributed by atoms with Gasteiger partial charge in [-0.15, -0.1) is 0 Å². The Balaban J connectivity index is 2.06. The van der Waals surface area contributed by atoms with Gasteiger partial charge in [-0.1, -0.05) is 0 Å². The summed E-state index contributed by atoms with van der Waals surface area (Å²) in [4.78, 5) is 4.89. The van der Waals surface area contributed by atoms with Crippen LogP contribution in [0.5, 0.6) is 0 Å². The number of nitrogens with two attached hydrogens (primary N) is 1. The number of likely N-dealkylation sites (N-methyl/N-ethyl adjacent to an activating group) is 1. The molecule has 16 heavy (non-hydrogen) atoms. The van der Waals surface area contributed by atoms with Crippen LogP contribution in [0.15, 0.2) is 0 Å². The Bertz CT molecular complexity index is 246. The summed E-state index contributed by atoms with van der Waals surface area (Å²) in [7, 11) is 4.33. The molecule has 4 nitrogen and oxygen atoms in total. The van der Waals surface area contributed by atoms with Crippen LogP contribution in [0.3, 0.4) is 0 Å². The van der Waals surface area contributed by atoms with Crippen molar-refractivity contribution in [3.05, 3.63) is 0 Å². The number of hydrogen-bond donors (Lipinski definition) is 1. The van der Waals surface area contributed by atoms with E-state index in [2.05, 4.69) is 30.8 Å². The molecular formula is C12H25N3O. The number of hydrogen-bond acceptors (Lipinski definition) is 4. The van der Waals surface area contributed by atoms with E-state index >= 15 is 0 Å². The Kier molecular flexibility index (Phi) is 3.54. The average molecular weight is 227 g/mol. The van der Waals surface area contributed by atoms with Crippen molar-refractivity contribution in [2.45, 2.75) is 37.5 Å². The summed E-state index contributed by atoms with van der Waals surface area (Å²) in [5.74, 6) is 0. The zero-order valence-corrected chi connectivity index (χ0v) is 10.8. The van der Waals surface area contributed by atoms with Crippen LogP contribution in [0.4, 0.5) is 0 Å². The molecule has 94 valence electrons. The van der Waals surface area contributed by atoms with Crippen molar-refractivity contribution in [1.82, 2.24) is 9.80 Å². The Morgan fingerprint density at radius 3 is 2.69 bits per heavy atom. The second-order valence-corrected chi connectivity index (χ2v) is 5.42. The maximum absolute atomic E-state index is 6.03. The third-order valence-electron chi connectivity index (χ3n) is 4.54. The number of nitrogens with zero attached hydrogens (tertiary/aromatic N) is 2. The van der Waals surface area contributed by atoms with Gasteiger partial charge in [-0.3, -0.25) is 4.90 Å². The highest BCUT2D eigenvalue weighted by Gasteiger charge is 2.47. The van der Waals surface area contributed by atoms with E-state index < -0.39 is 0 Å². The lowest BCUT2D eigenvalue weighted by molar-refractivity contribution is 0.0242. The van der Waals surface area contributed by atoms with Gasteiger partial charge >= 0.3 is 0 Å². The molecule has 3 unspecified atom stereocenters. The van der Waals surface area contributed by atoms with E-state index in [-0.39, 0.29) is 11.6 Å². The highest BCUT2D eigenvalue weighted by atomic mass is 16.5. The van der Waals surface area contributed by atoms with Gasteiger partial charge in [0.05, 0.1) is 11.6 Å².